The fourth-order valence-electron chi connectivity index (χ4n) is 9.10. The van der Waals surface area contributed by atoms with Crippen molar-refractivity contribution >= 4 is 71.1 Å². The number of nitrogens with two attached hydrogens (primary N) is 5. The quantitative estimate of drug-likeness (QED) is 0.0185. The van der Waals surface area contributed by atoms with Crippen molar-refractivity contribution in [1.29, 1.82) is 0 Å². The first-order chi connectivity index (χ1) is 37.2. The van der Waals surface area contributed by atoms with E-state index in [2.05, 4.69) is 41.9 Å². The number of nitrogens with one attached hydrogen (secondary N) is 6. The fraction of sp³-hybridized carbons (Fsp3) is 0.640. The number of rotatable bonds is 32. The highest BCUT2D eigenvalue weighted by molar-refractivity contribution is 5.99. The number of carboxylic acids is 2. The number of carboxylic acid groups (broad SMARTS) is 2. The number of aliphatic imine (C=N–C) groups is 2. The number of aliphatic hydroxyl groups excluding tert-OH is 1. The van der Waals surface area contributed by atoms with Gasteiger partial charge in [0.25, 0.3) is 0 Å². The molecule has 0 radical (unpaired) electrons. The van der Waals surface area contributed by atoms with Gasteiger partial charge in [0.1, 0.15) is 60.1 Å². The molecule has 0 bridgehead atoms. The van der Waals surface area contributed by atoms with E-state index in [-0.39, 0.29) is 120 Å². The van der Waals surface area contributed by atoms with Crippen molar-refractivity contribution in [3.05, 3.63) is 29.8 Å². The normalized spacial score (nSPS) is 17.7. The average Bonchev–Trinajstić information content (AvgIpc) is 4.14. The van der Waals surface area contributed by atoms with E-state index in [1.165, 1.54) is 29.2 Å². The number of nitrogens with zero attached hydrogens (tertiary/aromatic N) is 4. The number of hydrogen-bond acceptors (Lipinski definition) is 15. The first-order valence-electron chi connectivity index (χ1n) is 26.4. The van der Waals surface area contributed by atoms with Crippen LogP contribution in [0.2, 0.25) is 0 Å². The molecule has 29 heteroatoms. The van der Waals surface area contributed by atoms with E-state index in [0.29, 0.717) is 12.0 Å². The van der Waals surface area contributed by atoms with Crippen LogP contribution in [0.15, 0.2) is 34.3 Å². The number of carbonyl (C=O) groups is 10. The van der Waals surface area contributed by atoms with Gasteiger partial charge in [-0.05, 0) is 93.7 Å². The first kappa shape index (κ1) is 65.5. The van der Waals surface area contributed by atoms with E-state index in [1.54, 1.807) is 27.7 Å². The van der Waals surface area contributed by atoms with Crippen LogP contribution in [0.5, 0.6) is 5.75 Å². The van der Waals surface area contributed by atoms with Crippen molar-refractivity contribution in [2.45, 2.75) is 159 Å². The lowest BCUT2D eigenvalue weighted by Gasteiger charge is -2.32. The van der Waals surface area contributed by atoms with Gasteiger partial charge in [0.15, 0.2) is 11.9 Å². The Morgan fingerprint density at radius 2 is 1.03 bits per heavy atom. The molecule has 0 aliphatic carbocycles. The monoisotopic (exact) mass is 1120 g/mol. The van der Waals surface area contributed by atoms with Crippen molar-refractivity contribution < 1.29 is 68.4 Å². The zero-order valence-corrected chi connectivity index (χ0v) is 45.2. The van der Waals surface area contributed by atoms with Crippen LogP contribution in [0.3, 0.4) is 0 Å². The average molecular weight is 1120 g/mol. The molecule has 0 aromatic heterocycles. The molecule has 1 aromatic carbocycles. The van der Waals surface area contributed by atoms with Crippen LogP contribution in [-0.2, 0) is 54.4 Å². The maximum absolute atomic E-state index is 14.5. The molecule has 79 heavy (non-hydrogen) atoms. The van der Waals surface area contributed by atoms with E-state index < -0.39 is 127 Å². The summed E-state index contributed by atoms with van der Waals surface area (Å²) < 4.78 is 0. The summed E-state index contributed by atoms with van der Waals surface area (Å²) in [5.74, 6) is -10.4. The van der Waals surface area contributed by atoms with Crippen LogP contribution in [0, 0.1) is 11.8 Å². The minimum atomic E-state index is -1.81. The molecule has 0 saturated carbocycles. The number of carbonyl (C=O) groups excluding carboxylic acids is 8. The summed E-state index contributed by atoms with van der Waals surface area (Å²) >= 11 is 0. The first-order valence-corrected chi connectivity index (χ1v) is 26.4. The molecule has 2 fully saturated rings. The van der Waals surface area contributed by atoms with Gasteiger partial charge in [-0.15, -0.1) is 0 Å². The number of guanidine groups is 2. The Kier molecular flexibility index (Phi) is 26.7. The Hall–Kier alpha value is -7.82. The third kappa shape index (κ3) is 21.9. The summed E-state index contributed by atoms with van der Waals surface area (Å²) in [5, 5.41) is 54.6. The zero-order valence-electron chi connectivity index (χ0n) is 45.2. The van der Waals surface area contributed by atoms with Crippen LogP contribution in [0.1, 0.15) is 104 Å². The van der Waals surface area contributed by atoms with Gasteiger partial charge in [-0.2, -0.15) is 0 Å². The number of amides is 8. The molecule has 2 aliphatic rings. The smallest absolute Gasteiger partial charge is 0.326 e. The number of phenolic OH excluding ortho intramolecular Hbond substituents is 1. The van der Waals surface area contributed by atoms with Crippen LogP contribution < -0.4 is 60.6 Å². The summed E-state index contributed by atoms with van der Waals surface area (Å²) in [6.45, 7) is 6.59. The molecular formula is C50H81N15O14. The fourth-order valence-corrected chi connectivity index (χ4v) is 9.10. The molecule has 29 nitrogen and oxygen atoms in total. The topological polar surface area (TPSA) is 485 Å². The lowest BCUT2D eigenvalue weighted by atomic mass is 10.00. The van der Waals surface area contributed by atoms with Crippen LogP contribution in [0.4, 0.5) is 0 Å². The van der Waals surface area contributed by atoms with E-state index in [4.69, 9.17) is 28.7 Å². The van der Waals surface area contributed by atoms with Crippen molar-refractivity contribution in [2.24, 2.45) is 50.5 Å². The van der Waals surface area contributed by atoms with E-state index in [1.807, 2.05) is 0 Å². The molecule has 20 N–H and O–H groups in total. The molecule has 9 atom stereocenters. The number of phenols is 1. The minimum Gasteiger partial charge on any atom is -0.508 e. The largest absolute Gasteiger partial charge is 0.508 e. The molecule has 1 aromatic rings. The van der Waals surface area contributed by atoms with Crippen molar-refractivity contribution in [3.8, 4) is 5.75 Å². The minimum absolute atomic E-state index is 0.00574. The van der Waals surface area contributed by atoms with Crippen LogP contribution in [-0.4, -0.2) is 189 Å². The molecule has 3 rings (SSSR count). The molecule has 2 heterocycles. The predicted molar refractivity (Wildman–Crippen MR) is 287 cm³/mol. The molecule has 2 saturated heterocycles. The van der Waals surface area contributed by atoms with Gasteiger partial charge in [0.05, 0.1) is 13.0 Å². The summed E-state index contributed by atoms with van der Waals surface area (Å²) in [7, 11) is 0. The second kappa shape index (κ2) is 32.2. The Morgan fingerprint density at radius 3 is 1.51 bits per heavy atom. The third-order valence-corrected chi connectivity index (χ3v) is 13.0. The summed E-state index contributed by atoms with van der Waals surface area (Å²) in [5.41, 5.74) is 27.9. The highest BCUT2D eigenvalue weighted by Crippen LogP contribution is 2.24. The summed E-state index contributed by atoms with van der Waals surface area (Å²) in [6, 6.07) is -6.59. The molecular weight excluding hydrogens is 1030 g/mol. The van der Waals surface area contributed by atoms with Gasteiger partial charge >= 0.3 is 11.9 Å². The maximum Gasteiger partial charge on any atom is 0.326 e. The molecule has 0 spiro atoms. The van der Waals surface area contributed by atoms with Gasteiger partial charge in [-0.3, -0.25) is 53.1 Å². The zero-order chi connectivity index (χ0) is 59.1. The summed E-state index contributed by atoms with van der Waals surface area (Å²) in [6.07, 6.45) is 0.0162. The van der Waals surface area contributed by atoms with Gasteiger partial charge in [-0.25, -0.2) is 4.79 Å². The predicted octanol–water partition coefficient (Wildman–Crippen LogP) is -4.10. The number of aromatic hydroxyl groups is 1. The Bertz CT molecular complexity index is 2350. The second-order valence-corrected chi connectivity index (χ2v) is 20.5. The molecule has 0 unspecified atom stereocenters. The maximum atomic E-state index is 14.5. The van der Waals surface area contributed by atoms with Gasteiger partial charge in [0.2, 0.25) is 47.3 Å². The number of aliphatic hydroxyl groups is 1. The van der Waals surface area contributed by atoms with Gasteiger partial charge in [0, 0.05) is 32.6 Å². The number of hydrogen-bond donors (Lipinski definition) is 15. The number of aliphatic carboxylic acids is 2. The van der Waals surface area contributed by atoms with Crippen molar-refractivity contribution in [3.63, 3.8) is 0 Å². The standard InChI is InChI=1S/C50H81N15O14/c1-26(2)21-33(60-40(70)30(51)25-66)42(72)61-34(23-28-13-15-29(67)16-14-28)43(73)58-31(9-5-17-56-49(52)53)41(71)62-36(24-39(68)69)47(77)65-20-8-12-38(65)45(75)63-35(22-27(3)4)46(76)64-19-7-11-37(64)44(74)59-32(48(78)79)10-6-18-57-50(54)55/h13-16,26-27,30-38,66-67H,5-12,17-25,51H2,1-4H3,(H,58,73)(H,59,74)(H,60,70)(H,61,72)(H,62,71)(H,63,75)(H,68,69)(H,78,79)(H4,52,53,56)(H4,54,55,57)/t30-,31-,32-,33-,34-,35-,36-,37-,38-/m0/s1. The van der Waals surface area contributed by atoms with Crippen molar-refractivity contribution in [2.75, 3.05) is 32.8 Å². The lowest BCUT2D eigenvalue weighted by Crippen LogP contribution is -2.60. The highest BCUT2D eigenvalue weighted by atomic mass is 16.4. The third-order valence-electron chi connectivity index (χ3n) is 13.0. The number of likely N-dealkylation sites (tertiary alicyclic amines) is 2. The van der Waals surface area contributed by atoms with Gasteiger partial charge in [-0.1, -0.05) is 39.8 Å². The second-order valence-electron chi connectivity index (χ2n) is 20.5. The number of benzene rings is 1. The summed E-state index contributed by atoms with van der Waals surface area (Å²) in [4.78, 5) is 146. The molecule has 440 valence electrons. The van der Waals surface area contributed by atoms with Crippen LogP contribution in [0.25, 0.3) is 0 Å². The van der Waals surface area contributed by atoms with Gasteiger partial charge < -0.3 is 90.8 Å². The Morgan fingerprint density at radius 1 is 0.595 bits per heavy atom. The van der Waals surface area contributed by atoms with Crippen molar-refractivity contribution in [1.82, 2.24) is 41.7 Å². The molecule has 2 aliphatic heterocycles. The lowest BCUT2D eigenvalue weighted by molar-refractivity contribution is -0.147. The molecule has 8 amide bonds. The highest BCUT2D eigenvalue weighted by Gasteiger charge is 2.43. The Balaban J connectivity index is 1.90. The van der Waals surface area contributed by atoms with Crippen LogP contribution >= 0.6 is 0 Å². The van der Waals surface area contributed by atoms with E-state index in [0.717, 1.165) is 4.90 Å². The van der Waals surface area contributed by atoms with E-state index in [9.17, 15) is 68.4 Å². The SMILES string of the molecule is CC(C)C[C@H](NC(=O)[C@@H](N)CO)C(=O)N[C@@H](Cc1ccc(O)cc1)C(=O)N[C@@H](CCCN=C(N)N)C(=O)N[C@@H](CC(=O)O)C(=O)N1CCC[C@H]1C(=O)N[C@@H](CC(C)C)C(=O)N1CCC[C@H]1C(=O)N[C@@H](CCCN=C(N)N)C(=O)O. The Labute approximate surface area is 458 Å². The van der Waals surface area contributed by atoms with E-state index >= 15 is 0 Å².